The number of rotatable bonds is 5. The molecule has 0 aromatic carbocycles. The molecule has 0 aliphatic carbocycles. The summed E-state index contributed by atoms with van der Waals surface area (Å²) in [6.45, 7) is 1.07. The quantitative estimate of drug-likeness (QED) is 0.497. The molecule has 0 saturated heterocycles. The molecule has 0 fully saturated rings. The number of aliphatic hydroxyl groups excluding tert-OH is 1. The van der Waals surface area contributed by atoms with Gasteiger partial charge in [-0.2, -0.15) is 0 Å². The topological polar surface area (TPSA) is 71.3 Å². The van der Waals surface area contributed by atoms with Gasteiger partial charge in [0.15, 0.2) is 6.29 Å². The highest BCUT2D eigenvalue weighted by Gasteiger charge is 2.02. The number of aromatic nitrogens is 1. The van der Waals surface area contributed by atoms with Crippen LogP contribution in [-0.4, -0.2) is 29.1 Å². The number of pyridine rings is 1. The molecule has 0 unspecified atom stereocenters. The van der Waals surface area contributed by atoms with E-state index in [2.05, 4.69) is 5.32 Å². The molecule has 0 aliphatic rings. The lowest BCUT2D eigenvalue weighted by molar-refractivity contribution is 0.112. The molecule has 0 bridgehead atoms. The standard InChI is InChI=1S/C10H14N2O3/c1-12-6-8(5-11-2-3-13)4-9(7-14)10(12)15/h4,6-7,11,13H,2-3,5H2,1H3. The molecular weight excluding hydrogens is 196 g/mol. The SMILES string of the molecule is Cn1cc(CNCCO)cc(C=O)c1=O. The zero-order chi connectivity index (χ0) is 11.3. The summed E-state index contributed by atoms with van der Waals surface area (Å²) in [5, 5.41) is 11.5. The molecule has 1 heterocycles. The van der Waals surface area contributed by atoms with Crippen LogP contribution in [0.3, 0.4) is 0 Å². The number of hydrogen-bond acceptors (Lipinski definition) is 4. The Labute approximate surface area is 87.4 Å². The first-order valence-electron chi connectivity index (χ1n) is 4.65. The van der Waals surface area contributed by atoms with Crippen molar-refractivity contribution in [2.75, 3.05) is 13.2 Å². The summed E-state index contributed by atoms with van der Waals surface area (Å²) < 4.78 is 1.37. The maximum absolute atomic E-state index is 11.4. The third-order valence-electron chi connectivity index (χ3n) is 2.01. The van der Waals surface area contributed by atoms with Crippen molar-refractivity contribution in [2.24, 2.45) is 7.05 Å². The van der Waals surface area contributed by atoms with E-state index in [0.717, 1.165) is 5.56 Å². The highest BCUT2D eigenvalue weighted by atomic mass is 16.3. The minimum absolute atomic E-state index is 0.0618. The third-order valence-corrected chi connectivity index (χ3v) is 2.01. The third kappa shape index (κ3) is 3.00. The van der Waals surface area contributed by atoms with Gasteiger partial charge in [-0.3, -0.25) is 9.59 Å². The van der Waals surface area contributed by atoms with Gasteiger partial charge < -0.3 is 15.0 Å². The summed E-state index contributed by atoms with van der Waals surface area (Å²) in [5.74, 6) is 0. The van der Waals surface area contributed by atoms with Crippen LogP contribution in [0.15, 0.2) is 17.1 Å². The van der Waals surface area contributed by atoms with Gasteiger partial charge in [0.25, 0.3) is 5.56 Å². The van der Waals surface area contributed by atoms with E-state index in [9.17, 15) is 9.59 Å². The monoisotopic (exact) mass is 210 g/mol. The molecule has 5 heteroatoms. The van der Waals surface area contributed by atoms with Crippen LogP contribution in [0.2, 0.25) is 0 Å². The fourth-order valence-corrected chi connectivity index (χ4v) is 1.30. The van der Waals surface area contributed by atoms with Crippen molar-refractivity contribution in [2.45, 2.75) is 6.54 Å². The first-order valence-corrected chi connectivity index (χ1v) is 4.65. The number of carbonyl (C=O) groups excluding carboxylic acids is 1. The summed E-state index contributed by atoms with van der Waals surface area (Å²) in [6, 6.07) is 1.56. The smallest absolute Gasteiger partial charge is 0.260 e. The van der Waals surface area contributed by atoms with Gasteiger partial charge in [-0.05, 0) is 11.6 Å². The highest BCUT2D eigenvalue weighted by Crippen LogP contribution is 1.97. The Balaban J connectivity index is 2.86. The molecule has 0 aliphatic heterocycles. The Morgan fingerprint density at radius 1 is 1.60 bits per heavy atom. The van der Waals surface area contributed by atoms with Crippen molar-refractivity contribution in [3.05, 3.63) is 33.7 Å². The van der Waals surface area contributed by atoms with Crippen molar-refractivity contribution >= 4 is 6.29 Å². The van der Waals surface area contributed by atoms with Crippen LogP contribution in [-0.2, 0) is 13.6 Å². The van der Waals surface area contributed by atoms with Crippen molar-refractivity contribution in [3.63, 3.8) is 0 Å². The van der Waals surface area contributed by atoms with Crippen molar-refractivity contribution in [1.82, 2.24) is 9.88 Å². The molecule has 0 atom stereocenters. The maximum atomic E-state index is 11.4. The van der Waals surface area contributed by atoms with Gasteiger partial charge in [-0.1, -0.05) is 0 Å². The Bertz CT molecular complexity index is 398. The van der Waals surface area contributed by atoms with E-state index < -0.39 is 0 Å². The molecule has 1 aromatic rings. The molecule has 1 rings (SSSR count). The van der Waals surface area contributed by atoms with E-state index in [0.29, 0.717) is 19.4 Å². The molecule has 15 heavy (non-hydrogen) atoms. The van der Waals surface area contributed by atoms with E-state index in [1.807, 2.05) is 0 Å². The summed E-state index contributed by atoms with van der Waals surface area (Å²) in [6.07, 6.45) is 2.22. The van der Waals surface area contributed by atoms with E-state index in [1.54, 1.807) is 19.3 Å². The summed E-state index contributed by atoms with van der Waals surface area (Å²) in [7, 11) is 1.60. The molecule has 0 amide bonds. The second-order valence-electron chi connectivity index (χ2n) is 3.24. The van der Waals surface area contributed by atoms with Gasteiger partial charge in [-0.25, -0.2) is 0 Å². The number of aryl methyl sites for hydroxylation is 1. The van der Waals surface area contributed by atoms with Crippen molar-refractivity contribution < 1.29 is 9.90 Å². The van der Waals surface area contributed by atoms with Crippen LogP contribution in [0.1, 0.15) is 15.9 Å². The van der Waals surface area contributed by atoms with E-state index >= 15 is 0 Å². The first kappa shape index (κ1) is 11.6. The van der Waals surface area contributed by atoms with Crippen LogP contribution in [0.25, 0.3) is 0 Å². The van der Waals surface area contributed by atoms with Gasteiger partial charge in [0.05, 0.1) is 12.2 Å². The lowest BCUT2D eigenvalue weighted by Gasteiger charge is -2.06. The highest BCUT2D eigenvalue weighted by molar-refractivity contribution is 5.74. The fourth-order valence-electron chi connectivity index (χ4n) is 1.30. The molecule has 0 spiro atoms. The van der Waals surface area contributed by atoms with Crippen LogP contribution in [0.5, 0.6) is 0 Å². The molecule has 5 nitrogen and oxygen atoms in total. The van der Waals surface area contributed by atoms with Gasteiger partial charge in [-0.15, -0.1) is 0 Å². The zero-order valence-electron chi connectivity index (χ0n) is 8.56. The van der Waals surface area contributed by atoms with Crippen LogP contribution in [0.4, 0.5) is 0 Å². The number of aldehydes is 1. The summed E-state index contributed by atoms with van der Waals surface area (Å²) >= 11 is 0. The van der Waals surface area contributed by atoms with E-state index in [1.165, 1.54) is 4.57 Å². The lowest BCUT2D eigenvalue weighted by Crippen LogP contribution is -2.23. The number of hydrogen-bond donors (Lipinski definition) is 2. The second-order valence-corrected chi connectivity index (χ2v) is 3.24. The predicted molar refractivity (Wildman–Crippen MR) is 55.9 cm³/mol. The average molecular weight is 210 g/mol. The molecule has 1 aromatic heterocycles. The molecule has 0 radical (unpaired) electrons. The number of aliphatic hydroxyl groups is 1. The van der Waals surface area contributed by atoms with Crippen molar-refractivity contribution in [1.29, 1.82) is 0 Å². The minimum Gasteiger partial charge on any atom is -0.395 e. The number of carbonyl (C=O) groups is 1. The molecule has 2 N–H and O–H groups in total. The Morgan fingerprint density at radius 2 is 2.33 bits per heavy atom. The van der Waals surface area contributed by atoms with E-state index in [4.69, 9.17) is 5.11 Å². The van der Waals surface area contributed by atoms with Gasteiger partial charge in [0, 0.05) is 26.3 Å². The number of nitrogens with one attached hydrogen (secondary N) is 1. The normalized spacial score (nSPS) is 10.3. The summed E-state index contributed by atoms with van der Waals surface area (Å²) in [5.41, 5.74) is 0.698. The first-order chi connectivity index (χ1) is 7.19. The minimum atomic E-state index is -0.295. The summed E-state index contributed by atoms with van der Waals surface area (Å²) in [4.78, 5) is 21.9. The molecular formula is C10H14N2O3. The van der Waals surface area contributed by atoms with E-state index in [-0.39, 0.29) is 17.7 Å². The predicted octanol–water partition coefficient (Wildman–Crippen LogP) is -0.720. The fraction of sp³-hybridized carbons (Fsp3) is 0.400. The lowest BCUT2D eigenvalue weighted by atomic mass is 10.2. The van der Waals surface area contributed by atoms with Crippen molar-refractivity contribution in [3.8, 4) is 0 Å². The van der Waals surface area contributed by atoms with Crippen LogP contribution in [0, 0.1) is 0 Å². The van der Waals surface area contributed by atoms with Gasteiger partial charge >= 0.3 is 0 Å². The Kier molecular flexibility index (Phi) is 4.20. The average Bonchev–Trinajstić information content (AvgIpc) is 2.23. The maximum Gasteiger partial charge on any atom is 0.260 e. The van der Waals surface area contributed by atoms with Crippen LogP contribution < -0.4 is 10.9 Å². The molecule has 0 saturated carbocycles. The van der Waals surface area contributed by atoms with Gasteiger partial charge in [0.1, 0.15) is 0 Å². The Hall–Kier alpha value is -1.46. The second kappa shape index (κ2) is 5.43. The van der Waals surface area contributed by atoms with Gasteiger partial charge in [0.2, 0.25) is 0 Å². The zero-order valence-corrected chi connectivity index (χ0v) is 8.56. The molecule has 82 valence electrons. The number of nitrogens with zero attached hydrogens (tertiary/aromatic N) is 1. The Morgan fingerprint density at radius 3 is 2.93 bits per heavy atom. The largest absolute Gasteiger partial charge is 0.395 e. The van der Waals surface area contributed by atoms with Crippen LogP contribution >= 0.6 is 0 Å².